The number of nitrogens with one attached hydrogen (secondary N) is 1. The van der Waals surface area contributed by atoms with E-state index in [0.717, 1.165) is 21.9 Å². The Morgan fingerprint density at radius 2 is 1.86 bits per heavy atom. The van der Waals surface area contributed by atoms with Crippen LogP contribution in [0.15, 0.2) is 48.5 Å². The summed E-state index contributed by atoms with van der Waals surface area (Å²) in [6.45, 7) is 3.57. The van der Waals surface area contributed by atoms with E-state index in [4.69, 9.17) is 9.47 Å². The van der Waals surface area contributed by atoms with Gasteiger partial charge in [0.1, 0.15) is 23.6 Å². The number of methoxy groups -OCH3 is 1. The van der Waals surface area contributed by atoms with Gasteiger partial charge in [-0.15, -0.1) is 0 Å². The van der Waals surface area contributed by atoms with Crippen LogP contribution >= 0.6 is 0 Å². The van der Waals surface area contributed by atoms with Gasteiger partial charge in [0.25, 0.3) is 0 Å². The van der Waals surface area contributed by atoms with Crippen molar-refractivity contribution in [2.75, 3.05) is 24.2 Å². The summed E-state index contributed by atoms with van der Waals surface area (Å²) in [6.07, 6.45) is 1.64. The van der Waals surface area contributed by atoms with Crippen molar-refractivity contribution in [3.8, 4) is 11.5 Å². The molecule has 0 saturated heterocycles. The number of carbonyl (C=O) groups excluding carboxylic acids is 1. The lowest BCUT2D eigenvalue weighted by molar-refractivity contribution is -0.120. The van der Waals surface area contributed by atoms with E-state index in [0.29, 0.717) is 17.9 Å². The number of sulfonamides is 1. The van der Waals surface area contributed by atoms with Crippen molar-refractivity contribution in [1.29, 1.82) is 0 Å². The molecule has 3 rings (SSSR count). The minimum Gasteiger partial charge on any atom is -0.495 e. The van der Waals surface area contributed by atoms with Crippen molar-refractivity contribution < 1.29 is 22.7 Å². The van der Waals surface area contributed by atoms with E-state index in [-0.39, 0.29) is 12.6 Å². The number of carbonyl (C=O) groups is 1. The normalized spacial score (nSPS) is 17.6. The van der Waals surface area contributed by atoms with Crippen molar-refractivity contribution in [3.05, 3.63) is 54.1 Å². The van der Waals surface area contributed by atoms with Crippen molar-refractivity contribution in [2.24, 2.45) is 0 Å². The van der Waals surface area contributed by atoms with Gasteiger partial charge in [-0.3, -0.25) is 9.10 Å². The fourth-order valence-electron chi connectivity index (χ4n) is 3.52. The van der Waals surface area contributed by atoms with Gasteiger partial charge in [-0.05, 0) is 32.0 Å². The molecule has 0 saturated carbocycles. The molecule has 29 heavy (non-hydrogen) atoms. The van der Waals surface area contributed by atoms with Gasteiger partial charge >= 0.3 is 0 Å². The lowest BCUT2D eigenvalue weighted by Gasteiger charge is -2.38. The van der Waals surface area contributed by atoms with Crippen molar-refractivity contribution >= 4 is 21.6 Å². The van der Waals surface area contributed by atoms with Gasteiger partial charge in [-0.25, -0.2) is 8.42 Å². The summed E-state index contributed by atoms with van der Waals surface area (Å²) < 4.78 is 37.1. The summed E-state index contributed by atoms with van der Waals surface area (Å²) in [5.74, 6) is 0.695. The van der Waals surface area contributed by atoms with Gasteiger partial charge in [-0.2, -0.15) is 0 Å². The Bertz CT molecular complexity index is 1000. The van der Waals surface area contributed by atoms with Crippen LogP contribution in [0.1, 0.15) is 31.9 Å². The van der Waals surface area contributed by atoms with Crippen LogP contribution < -0.4 is 19.1 Å². The predicted molar refractivity (Wildman–Crippen MR) is 112 cm³/mol. The number of hydrogen-bond donors (Lipinski definition) is 1. The van der Waals surface area contributed by atoms with Crippen molar-refractivity contribution in [3.63, 3.8) is 0 Å². The quantitative estimate of drug-likeness (QED) is 0.780. The number of hydrogen-bond acceptors (Lipinski definition) is 5. The Morgan fingerprint density at radius 1 is 1.21 bits per heavy atom. The third-order valence-corrected chi connectivity index (χ3v) is 5.88. The Morgan fingerprint density at radius 3 is 2.55 bits per heavy atom. The van der Waals surface area contributed by atoms with Crippen LogP contribution in [0.25, 0.3) is 0 Å². The first-order valence-corrected chi connectivity index (χ1v) is 11.1. The molecule has 1 heterocycles. The van der Waals surface area contributed by atoms with Gasteiger partial charge in [0.05, 0.1) is 25.1 Å². The predicted octanol–water partition coefficient (Wildman–Crippen LogP) is 2.88. The maximum atomic E-state index is 12.9. The standard InChI is InChI=1S/C21H26N2O5S/c1-21(2)13-16(15-9-5-7-11-18(15)28-21)22-20(24)14-23(29(4,25)26)17-10-6-8-12-19(17)27-3/h5-12,16H,13-14H2,1-4H3,(H,22,24)/t16-/m1/s1. The van der Waals surface area contributed by atoms with E-state index in [1.54, 1.807) is 24.3 Å². The molecule has 0 bridgehead atoms. The Kier molecular flexibility index (Phi) is 5.75. The molecule has 1 atom stereocenters. The summed E-state index contributed by atoms with van der Waals surface area (Å²) in [5, 5.41) is 2.97. The molecule has 0 fully saturated rings. The average Bonchev–Trinajstić information content (AvgIpc) is 2.64. The van der Waals surface area contributed by atoms with Crippen LogP contribution in [-0.2, 0) is 14.8 Å². The number of ether oxygens (including phenoxy) is 2. The molecule has 2 aromatic carbocycles. The number of rotatable bonds is 6. The first-order valence-electron chi connectivity index (χ1n) is 9.29. The van der Waals surface area contributed by atoms with E-state index in [2.05, 4.69) is 5.32 Å². The molecular weight excluding hydrogens is 392 g/mol. The topological polar surface area (TPSA) is 84.9 Å². The van der Waals surface area contributed by atoms with Crippen LogP contribution in [0.3, 0.4) is 0 Å². The SMILES string of the molecule is COc1ccccc1N(CC(=O)N[C@@H]1CC(C)(C)Oc2ccccc21)S(C)(=O)=O. The van der Waals surface area contributed by atoms with Crippen molar-refractivity contribution in [2.45, 2.75) is 31.9 Å². The fraction of sp³-hybridized carbons (Fsp3) is 0.381. The molecule has 0 aromatic heterocycles. The largest absolute Gasteiger partial charge is 0.495 e. The number of para-hydroxylation sites is 3. The number of fused-ring (bicyclic) bond motifs is 1. The second-order valence-electron chi connectivity index (χ2n) is 7.67. The first-order chi connectivity index (χ1) is 13.6. The Balaban J connectivity index is 1.85. The molecule has 0 spiro atoms. The number of anilines is 1. The van der Waals surface area contributed by atoms with Gasteiger partial charge in [-0.1, -0.05) is 30.3 Å². The lowest BCUT2D eigenvalue weighted by Crippen LogP contribution is -2.45. The van der Waals surface area contributed by atoms with Gasteiger partial charge in [0.15, 0.2) is 0 Å². The highest BCUT2D eigenvalue weighted by Gasteiger charge is 2.35. The zero-order valence-electron chi connectivity index (χ0n) is 17.0. The summed E-state index contributed by atoms with van der Waals surface area (Å²) in [7, 11) is -2.24. The van der Waals surface area contributed by atoms with E-state index in [1.807, 2.05) is 38.1 Å². The van der Waals surface area contributed by atoms with E-state index < -0.39 is 21.5 Å². The molecule has 8 heteroatoms. The van der Waals surface area contributed by atoms with Crippen LogP contribution in [0.2, 0.25) is 0 Å². The van der Waals surface area contributed by atoms with E-state index in [1.165, 1.54) is 7.11 Å². The molecule has 1 N–H and O–H groups in total. The van der Waals surface area contributed by atoms with E-state index >= 15 is 0 Å². The summed E-state index contributed by atoms with van der Waals surface area (Å²) in [5.41, 5.74) is 0.745. The zero-order valence-corrected chi connectivity index (χ0v) is 17.8. The van der Waals surface area contributed by atoms with Gasteiger partial charge < -0.3 is 14.8 Å². The molecule has 0 unspecified atom stereocenters. The summed E-state index contributed by atoms with van der Waals surface area (Å²) in [4.78, 5) is 12.9. The Labute approximate surface area is 171 Å². The minimum absolute atomic E-state index is 0.276. The van der Waals surface area contributed by atoms with Crippen LogP contribution in [-0.4, -0.2) is 39.8 Å². The highest BCUT2D eigenvalue weighted by Crippen LogP contribution is 2.39. The first kappa shape index (κ1) is 21.0. The number of amides is 1. The maximum Gasteiger partial charge on any atom is 0.241 e. The van der Waals surface area contributed by atoms with E-state index in [9.17, 15) is 13.2 Å². The molecule has 2 aromatic rings. The minimum atomic E-state index is -3.70. The van der Waals surface area contributed by atoms with Crippen LogP contribution in [0.4, 0.5) is 5.69 Å². The van der Waals surface area contributed by atoms with Crippen molar-refractivity contribution in [1.82, 2.24) is 5.32 Å². The smallest absolute Gasteiger partial charge is 0.241 e. The highest BCUT2D eigenvalue weighted by atomic mass is 32.2. The molecule has 156 valence electrons. The lowest BCUT2D eigenvalue weighted by atomic mass is 9.89. The second-order valence-corrected chi connectivity index (χ2v) is 9.57. The average molecular weight is 419 g/mol. The van der Waals surface area contributed by atoms with Gasteiger partial charge in [0.2, 0.25) is 15.9 Å². The second kappa shape index (κ2) is 7.94. The molecule has 1 amide bonds. The number of benzene rings is 2. The maximum absolute atomic E-state index is 12.9. The third kappa shape index (κ3) is 4.82. The molecule has 0 aliphatic carbocycles. The fourth-order valence-corrected chi connectivity index (χ4v) is 4.38. The van der Waals surface area contributed by atoms with Crippen LogP contribution in [0, 0.1) is 0 Å². The zero-order chi connectivity index (χ0) is 21.2. The molecule has 7 nitrogen and oxygen atoms in total. The Hall–Kier alpha value is -2.74. The van der Waals surface area contributed by atoms with Crippen LogP contribution in [0.5, 0.6) is 11.5 Å². The van der Waals surface area contributed by atoms with Gasteiger partial charge in [0, 0.05) is 12.0 Å². The summed E-state index contributed by atoms with van der Waals surface area (Å²) >= 11 is 0. The number of nitrogens with zero attached hydrogens (tertiary/aromatic N) is 1. The highest BCUT2D eigenvalue weighted by molar-refractivity contribution is 7.92. The monoisotopic (exact) mass is 418 g/mol. The molecule has 1 aliphatic heterocycles. The third-order valence-electron chi connectivity index (χ3n) is 4.75. The summed E-state index contributed by atoms with van der Waals surface area (Å²) in [6, 6.07) is 14.0. The molecule has 0 radical (unpaired) electrons. The molecular formula is C21H26N2O5S. The molecule has 1 aliphatic rings.